The first-order chi connectivity index (χ1) is 5.09. The maximum Gasteiger partial charge on any atom is 0.126 e. The number of nitrogens with two attached hydrogens (primary N) is 3. The summed E-state index contributed by atoms with van der Waals surface area (Å²) in [5.41, 5.74) is 17.4. The lowest BCUT2D eigenvalue weighted by atomic mass is 10.1. The number of nitrogens with zero attached hydrogens (tertiary/aromatic N) is 1. The van der Waals surface area contributed by atoms with Crippen LogP contribution in [-0.2, 0) is 0 Å². The van der Waals surface area contributed by atoms with Crippen molar-refractivity contribution in [3.8, 4) is 0 Å². The van der Waals surface area contributed by atoms with Gasteiger partial charge in [0.2, 0.25) is 0 Å². The van der Waals surface area contributed by atoms with Crippen molar-refractivity contribution in [2.75, 3.05) is 11.5 Å². The third-order valence-electron chi connectivity index (χ3n) is 1.41. The van der Waals surface area contributed by atoms with Crippen molar-refractivity contribution >= 4 is 11.6 Å². The lowest BCUT2D eigenvalue weighted by Crippen LogP contribution is -2.07. The van der Waals surface area contributed by atoms with E-state index >= 15 is 0 Å². The second kappa shape index (κ2) is 2.75. The predicted molar refractivity (Wildman–Crippen MR) is 45.7 cm³/mol. The molecule has 0 radical (unpaired) electrons. The topological polar surface area (TPSA) is 91.0 Å². The first-order valence-corrected chi connectivity index (χ1v) is 3.38. The Labute approximate surface area is 65.4 Å². The van der Waals surface area contributed by atoms with E-state index in [-0.39, 0.29) is 6.04 Å². The highest BCUT2D eigenvalue weighted by molar-refractivity contribution is 5.44. The number of aromatic nitrogens is 1. The summed E-state index contributed by atoms with van der Waals surface area (Å²) in [6.45, 7) is 1.87. The number of rotatable bonds is 1. The summed E-state index contributed by atoms with van der Waals surface area (Å²) in [5.74, 6) is 0.828. The zero-order chi connectivity index (χ0) is 8.43. The van der Waals surface area contributed by atoms with Gasteiger partial charge in [-0.15, -0.1) is 0 Å². The number of hydrogen-bond acceptors (Lipinski definition) is 4. The van der Waals surface area contributed by atoms with Gasteiger partial charge in [0, 0.05) is 6.04 Å². The maximum absolute atomic E-state index is 5.61. The van der Waals surface area contributed by atoms with Gasteiger partial charge in [-0.1, -0.05) is 0 Å². The van der Waals surface area contributed by atoms with Crippen LogP contribution in [0.5, 0.6) is 0 Å². The summed E-state index contributed by atoms with van der Waals surface area (Å²) < 4.78 is 0. The van der Waals surface area contributed by atoms with Crippen molar-refractivity contribution in [2.24, 2.45) is 5.73 Å². The van der Waals surface area contributed by atoms with Crippen molar-refractivity contribution in [1.29, 1.82) is 0 Å². The largest absolute Gasteiger partial charge is 0.384 e. The van der Waals surface area contributed by atoms with Crippen molar-refractivity contribution in [3.05, 3.63) is 17.7 Å². The predicted octanol–water partition coefficient (Wildman–Crippen LogP) is 0.266. The van der Waals surface area contributed by atoms with Gasteiger partial charge in [-0.25, -0.2) is 4.98 Å². The summed E-state index contributed by atoms with van der Waals surface area (Å²) in [6, 6.07) is 3.39. The van der Waals surface area contributed by atoms with Crippen molar-refractivity contribution in [1.82, 2.24) is 4.98 Å². The molecule has 1 heterocycles. The van der Waals surface area contributed by atoms with Gasteiger partial charge >= 0.3 is 0 Å². The van der Waals surface area contributed by atoms with Crippen LogP contribution < -0.4 is 17.2 Å². The van der Waals surface area contributed by atoms with Gasteiger partial charge in [0.05, 0.1) is 0 Å². The Balaban J connectivity index is 3.08. The van der Waals surface area contributed by atoms with Crippen LogP contribution in [0.15, 0.2) is 12.1 Å². The van der Waals surface area contributed by atoms with Crippen molar-refractivity contribution < 1.29 is 0 Å². The highest BCUT2D eigenvalue weighted by Crippen LogP contribution is 2.14. The second-order valence-electron chi connectivity index (χ2n) is 2.54. The monoisotopic (exact) mass is 152 g/mol. The van der Waals surface area contributed by atoms with Crippen LogP contribution in [0.2, 0.25) is 0 Å². The molecule has 0 spiro atoms. The summed E-state index contributed by atoms with van der Waals surface area (Å²) in [4.78, 5) is 3.82. The molecule has 11 heavy (non-hydrogen) atoms. The van der Waals surface area contributed by atoms with E-state index in [4.69, 9.17) is 17.2 Å². The highest BCUT2D eigenvalue weighted by atomic mass is 14.9. The molecule has 0 fully saturated rings. The van der Waals surface area contributed by atoms with E-state index in [2.05, 4.69) is 4.98 Å². The standard InChI is InChI=1S/C7H12N4/c1-4(8)5-2-6(9)11-7(10)3-5/h2-4H,8H2,1H3,(H4,9,10,11). The molecule has 1 aromatic rings. The summed E-state index contributed by atoms with van der Waals surface area (Å²) >= 11 is 0. The van der Waals surface area contributed by atoms with Crippen molar-refractivity contribution in [3.63, 3.8) is 0 Å². The molecule has 1 atom stereocenters. The smallest absolute Gasteiger partial charge is 0.126 e. The highest BCUT2D eigenvalue weighted by Gasteiger charge is 2.01. The first kappa shape index (κ1) is 7.81. The lowest BCUT2D eigenvalue weighted by molar-refractivity contribution is 0.817. The van der Waals surface area contributed by atoms with Crippen LogP contribution in [0.3, 0.4) is 0 Å². The molecule has 4 heteroatoms. The molecular formula is C7H12N4. The molecule has 6 N–H and O–H groups in total. The van der Waals surface area contributed by atoms with Crippen LogP contribution in [0, 0.1) is 0 Å². The molecule has 0 aliphatic rings. The Morgan fingerprint density at radius 2 is 1.73 bits per heavy atom. The van der Waals surface area contributed by atoms with Gasteiger partial charge in [-0.2, -0.15) is 0 Å². The summed E-state index contributed by atoms with van der Waals surface area (Å²) in [6.07, 6.45) is 0. The molecule has 0 aliphatic heterocycles. The Hall–Kier alpha value is -1.29. The molecule has 60 valence electrons. The molecule has 1 aromatic heterocycles. The molecule has 0 saturated heterocycles. The van der Waals surface area contributed by atoms with Crippen LogP contribution in [0.4, 0.5) is 11.6 Å². The number of pyridine rings is 1. The fourth-order valence-electron chi connectivity index (χ4n) is 0.860. The lowest BCUT2D eigenvalue weighted by Gasteiger charge is -2.06. The van der Waals surface area contributed by atoms with Crippen molar-refractivity contribution in [2.45, 2.75) is 13.0 Å². The minimum atomic E-state index is -0.0531. The van der Waals surface area contributed by atoms with E-state index in [0.29, 0.717) is 11.6 Å². The second-order valence-corrected chi connectivity index (χ2v) is 2.54. The molecule has 0 aliphatic carbocycles. The zero-order valence-electron chi connectivity index (χ0n) is 6.41. The Kier molecular flexibility index (Phi) is 1.96. The SMILES string of the molecule is CC(N)c1cc(N)nc(N)c1. The van der Waals surface area contributed by atoms with E-state index in [1.54, 1.807) is 12.1 Å². The molecule has 1 unspecified atom stereocenters. The normalized spacial score (nSPS) is 12.9. The quantitative estimate of drug-likeness (QED) is 0.538. The fraction of sp³-hybridized carbons (Fsp3) is 0.286. The average molecular weight is 152 g/mol. The van der Waals surface area contributed by atoms with Gasteiger partial charge in [0.15, 0.2) is 0 Å². The first-order valence-electron chi connectivity index (χ1n) is 3.38. The molecule has 0 aromatic carbocycles. The Morgan fingerprint density at radius 1 is 1.27 bits per heavy atom. The maximum atomic E-state index is 5.61. The van der Waals surface area contributed by atoms with E-state index in [0.717, 1.165) is 5.56 Å². The van der Waals surface area contributed by atoms with Gasteiger partial charge in [-0.3, -0.25) is 0 Å². The average Bonchev–Trinajstić information content (AvgIpc) is 1.85. The molecule has 1 rings (SSSR count). The minimum Gasteiger partial charge on any atom is -0.384 e. The van der Waals surface area contributed by atoms with Gasteiger partial charge < -0.3 is 17.2 Å². The summed E-state index contributed by atoms with van der Waals surface area (Å²) in [5, 5.41) is 0. The zero-order valence-corrected chi connectivity index (χ0v) is 6.41. The van der Waals surface area contributed by atoms with Crippen LogP contribution >= 0.6 is 0 Å². The third-order valence-corrected chi connectivity index (χ3v) is 1.41. The Morgan fingerprint density at radius 3 is 2.09 bits per heavy atom. The van der Waals surface area contributed by atoms with E-state index in [9.17, 15) is 0 Å². The number of hydrogen-bond donors (Lipinski definition) is 3. The molecule has 4 nitrogen and oxygen atoms in total. The van der Waals surface area contributed by atoms with Gasteiger partial charge in [-0.05, 0) is 24.6 Å². The van der Waals surface area contributed by atoms with Gasteiger partial charge in [0.1, 0.15) is 11.6 Å². The molecule has 0 saturated carbocycles. The Bertz CT molecular complexity index is 236. The summed E-state index contributed by atoms with van der Waals surface area (Å²) in [7, 11) is 0. The minimum absolute atomic E-state index is 0.0531. The van der Waals surface area contributed by atoms with E-state index < -0.39 is 0 Å². The number of nitrogen functional groups attached to an aromatic ring is 2. The van der Waals surface area contributed by atoms with Crippen LogP contribution in [-0.4, -0.2) is 4.98 Å². The number of anilines is 2. The van der Waals surface area contributed by atoms with Gasteiger partial charge in [0.25, 0.3) is 0 Å². The fourth-order valence-corrected chi connectivity index (χ4v) is 0.860. The molecule has 0 amide bonds. The van der Waals surface area contributed by atoms with Crippen LogP contribution in [0.25, 0.3) is 0 Å². The molecular weight excluding hydrogens is 140 g/mol. The van der Waals surface area contributed by atoms with Crippen LogP contribution in [0.1, 0.15) is 18.5 Å². The molecule has 0 bridgehead atoms. The van der Waals surface area contributed by atoms with E-state index in [1.807, 2.05) is 6.92 Å². The third kappa shape index (κ3) is 1.81. The van der Waals surface area contributed by atoms with E-state index in [1.165, 1.54) is 0 Å².